The van der Waals surface area contributed by atoms with E-state index in [-0.39, 0.29) is 0 Å². The maximum Gasteiger partial charge on any atom is 0.156 e. The molecule has 0 aromatic carbocycles. The van der Waals surface area contributed by atoms with E-state index in [9.17, 15) is 0 Å². The lowest BCUT2D eigenvalue weighted by Gasteiger charge is -2.10. The predicted molar refractivity (Wildman–Crippen MR) is 74.7 cm³/mol. The molecule has 1 aromatic rings. The van der Waals surface area contributed by atoms with Crippen LogP contribution in [0, 0.1) is 5.92 Å². The first kappa shape index (κ1) is 14.9. The van der Waals surface area contributed by atoms with Crippen molar-refractivity contribution in [1.82, 2.24) is 9.97 Å². The van der Waals surface area contributed by atoms with Gasteiger partial charge in [-0.25, -0.2) is 9.97 Å². The van der Waals surface area contributed by atoms with Crippen LogP contribution in [0.4, 0.5) is 5.82 Å². The Bertz CT molecular complexity index is 327. The minimum absolute atomic E-state index is 0.489. The zero-order valence-electron chi connectivity index (χ0n) is 12.0. The third kappa shape index (κ3) is 5.45. The van der Waals surface area contributed by atoms with E-state index >= 15 is 0 Å². The van der Waals surface area contributed by atoms with Crippen molar-refractivity contribution < 1.29 is 4.74 Å². The van der Waals surface area contributed by atoms with Gasteiger partial charge in [0.15, 0.2) is 5.82 Å². The first-order chi connectivity index (χ1) is 8.65. The average molecular weight is 251 g/mol. The molecule has 0 radical (unpaired) electrons. The van der Waals surface area contributed by atoms with Crippen LogP contribution in [0.3, 0.4) is 0 Å². The monoisotopic (exact) mass is 251 g/mol. The number of hydrogen-bond donors (Lipinski definition) is 1. The van der Waals surface area contributed by atoms with Crippen LogP contribution >= 0.6 is 0 Å². The maximum atomic E-state index is 5.39. The summed E-state index contributed by atoms with van der Waals surface area (Å²) in [7, 11) is 0. The first-order valence-corrected chi connectivity index (χ1v) is 6.84. The molecule has 4 heteroatoms. The molecule has 102 valence electrons. The Morgan fingerprint density at radius 1 is 1.28 bits per heavy atom. The minimum Gasteiger partial charge on any atom is -0.374 e. The highest BCUT2D eigenvalue weighted by atomic mass is 16.5. The van der Waals surface area contributed by atoms with Crippen molar-refractivity contribution in [2.75, 3.05) is 18.5 Å². The highest BCUT2D eigenvalue weighted by Crippen LogP contribution is 2.12. The number of rotatable bonds is 8. The minimum atomic E-state index is 0.489. The van der Waals surface area contributed by atoms with Gasteiger partial charge in [0.2, 0.25) is 0 Å². The Kier molecular flexibility index (Phi) is 6.65. The highest BCUT2D eigenvalue weighted by molar-refractivity contribution is 5.36. The summed E-state index contributed by atoms with van der Waals surface area (Å²) in [5.74, 6) is 2.28. The molecular formula is C14H25N3O. The van der Waals surface area contributed by atoms with Crippen LogP contribution < -0.4 is 5.32 Å². The molecule has 0 fully saturated rings. The Hall–Kier alpha value is -1.16. The van der Waals surface area contributed by atoms with E-state index in [0.717, 1.165) is 36.7 Å². The van der Waals surface area contributed by atoms with Gasteiger partial charge in [-0.1, -0.05) is 20.8 Å². The molecule has 0 saturated carbocycles. The van der Waals surface area contributed by atoms with Crippen molar-refractivity contribution in [3.8, 4) is 0 Å². The zero-order valence-corrected chi connectivity index (χ0v) is 12.0. The van der Waals surface area contributed by atoms with Gasteiger partial charge in [0, 0.05) is 24.9 Å². The van der Waals surface area contributed by atoms with E-state index in [4.69, 9.17) is 4.74 Å². The number of nitrogens with one attached hydrogen (secondary N) is 1. The molecule has 0 amide bonds. The number of aromatic nitrogens is 2. The van der Waals surface area contributed by atoms with Crippen molar-refractivity contribution in [2.24, 2.45) is 5.92 Å². The van der Waals surface area contributed by atoms with E-state index in [1.54, 1.807) is 0 Å². The number of hydrogen-bond acceptors (Lipinski definition) is 4. The van der Waals surface area contributed by atoms with Crippen LogP contribution in [0.5, 0.6) is 0 Å². The average Bonchev–Trinajstić information content (AvgIpc) is 2.33. The molecule has 18 heavy (non-hydrogen) atoms. The zero-order chi connectivity index (χ0) is 13.4. The normalized spacial score (nSPS) is 10.9. The molecular weight excluding hydrogens is 226 g/mol. The summed E-state index contributed by atoms with van der Waals surface area (Å²) in [5.41, 5.74) is 1.09. The Morgan fingerprint density at radius 2 is 2.06 bits per heavy atom. The van der Waals surface area contributed by atoms with Crippen LogP contribution in [0.15, 0.2) is 6.07 Å². The third-order valence-electron chi connectivity index (χ3n) is 2.43. The lowest BCUT2D eigenvalue weighted by molar-refractivity contribution is 0.128. The van der Waals surface area contributed by atoms with E-state index in [1.165, 1.54) is 0 Å². The van der Waals surface area contributed by atoms with Gasteiger partial charge < -0.3 is 10.1 Å². The van der Waals surface area contributed by atoms with Crippen LogP contribution in [-0.2, 0) is 17.8 Å². The van der Waals surface area contributed by atoms with Gasteiger partial charge in [0.1, 0.15) is 12.4 Å². The number of ether oxygens (including phenoxy) is 1. The lowest BCUT2D eigenvalue weighted by atomic mass is 10.1. The van der Waals surface area contributed by atoms with E-state index < -0.39 is 0 Å². The molecule has 0 aliphatic rings. The van der Waals surface area contributed by atoms with Crippen LogP contribution in [0.1, 0.15) is 45.6 Å². The lowest BCUT2D eigenvalue weighted by Crippen LogP contribution is -2.09. The third-order valence-corrected chi connectivity index (χ3v) is 2.43. The number of nitrogens with zero attached hydrogens (tertiary/aromatic N) is 2. The summed E-state index contributed by atoms with van der Waals surface area (Å²) >= 11 is 0. The Morgan fingerprint density at radius 3 is 2.67 bits per heavy atom. The fourth-order valence-corrected chi connectivity index (χ4v) is 1.68. The second-order valence-electron chi connectivity index (χ2n) is 4.82. The predicted octanol–water partition coefficient (Wildman–Crippen LogP) is 3.03. The Balaban J connectivity index is 2.81. The topological polar surface area (TPSA) is 47.0 Å². The largest absolute Gasteiger partial charge is 0.374 e. The molecule has 0 aliphatic carbocycles. The molecule has 1 aromatic heterocycles. The van der Waals surface area contributed by atoms with Crippen LogP contribution in [0.25, 0.3) is 0 Å². The summed E-state index contributed by atoms with van der Waals surface area (Å²) in [5, 5.41) is 3.32. The first-order valence-electron chi connectivity index (χ1n) is 6.84. The smallest absolute Gasteiger partial charge is 0.156 e. The van der Waals surface area contributed by atoms with E-state index in [0.29, 0.717) is 19.1 Å². The van der Waals surface area contributed by atoms with Gasteiger partial charge in [-0.15, -0.1) is 0 Å². The second kappa shape index (κ2) is 8.03. The standard InChI is InChI=1S/C14H25N3O/c1-5-7-15-13-9-12(8-11(3)4)16-14(17-13)10-18-6-2/h9,11H,5-8,10H2,1-4H3,(H,15,16,17). The fraction of sp³-hybridized carbons (Fsp3) is 0.714. The van der Waals surface area contributed by atoms with Crippen molar-refractivity contribution in [2.45, 2.75) is 47.1 Å². The quantitative estimate of drug-likeness (QED) is 0.771. The van der Waals surface area contributed by atoms with Crippen LogP contribution in [0.2, 0.25) is 0 Å². The van der Waals surface area contributed by atoms with Gasteiger partial charge in [0.05, 0.1) is 0 Å². The molecule has 0 atom stereocenters. The second-order valence-corrected chi connectivity index (χ2v) is 4.82. The van der Waals surface area contributed by atoms with Crippen LogP contribution in [-0.4, -0.2) is 23.1 Å². The summed E-state index contributed by atoms with van der Waals surface area (Å²) < 4.78 is 5.39. The Labute approximate surface area is 110 Å². The summed E-state index contributed by atoms with van der Waals surface area (Å²) in [6, 6.07) is 2.05. The number of anilines is 1. The van der Waals surface area contributed by atoms with Crippen molar-refractivity contribution in [1.29, 1.82) is 0 Å². The van der Waals surface area contributed by atoms with Gasteiger partial charge in [-0.3, -0.25) is 0 Å². The van der Waals surface area contributed by atoms with Crippen molar-refractivity contribution in [3.05, 3.63) is 17.6 Å². The van der Waals surface area contributed by atoms with Crippen molar-refractivity contribution in [3.63, 3.8) is 0 Å². The molecule has 1 heterocycles. The molecule has 4 nitrogen and oxygen atoms in total. The highest BCUT2D eigenvalue weighted by Gasteiger charge is 2.06. The van der Waals surface area contributed by atoms with Crippen molar-refractivity contribution >= 4 is 5.82 Å². The van der Waals surface area contributed by atoms with E-state index in [1.807, 2.05) is 13.0 Å². The molecule has 0 bridgehead atoms. The van der Waals surface area contributed by atoms with E-state index in [2.05, 4.69) is 36.1 Å². The van der Waals surface area contributed by atoms with Gasteiger partial charge in [-0.2, -0.15) is 0 Å². The maximum absolute atomic E-state index is 5.39. The molecule has 1 N–H and O–H groups in total. The van der Waals surface area contributed by atoms with Gasteiger partial charge in [0.25, 0.3) is 0 Å². The molecule has 0 saturated heterocycles. The molecule has 0 spiro atoms. The molecule has 1 rings (SSSR count). The SMILES string of the molecule is CCCNc1cc(CC(C)C)nc(COCC)n1. The summed E-state index contributed by atoms with van der Waals surface area (Å²) in [4.78, 5) is 9.01. The fourth-order valence-electron chi connectivity index (χ4n) is 1.68. The van der Waals surface area contributed by atoms with Gasteiger partial charge >= 0.3 is 0 Å². The summed E-state index contributed by atoms with van der Waals surface area (Å²) in [6.45, 7) is 10.6. The summed E-state index contributed by atoms with van der Waals surface area (Å²) in [6.07, 6.45) is 2.06. The van der Waals surface area contributed by atoms with Gasteiger partial charge in [-0.05, 0) is 25.7 Å². The molecule has 0 unspecified atom stereocenters. The molecule has 0 aliphatic heterocycles.